The number of hydrogen-bond donors (Lipinski definition) is 1. The maximum atomic E-state index is 12.7. The van der Waals surface area contributed by atoms with Crippen LogP contribution in [0.15, 0.2) is 36.5 Å². The largest absolute Gasteiger partial charge is 0.478 e. The summed E-state index contributed by atoms with van der Waals surface area (Å²) in [4.78, 5) is 29.7. The molecule has 3 rings (SSSR count). The highest BCUT2D eigenvalue weighted by Crippen LogP contribution is 2.22. The van der Waals surface area contributed by atoms with Crippen LogP contribution in [0.2, 0.25) is 0 Å². The first kappa shape index (κ1) is 17.0. The van der Waals surface area contributed by atoms with Gasteiger partial charge in [0.2, 0.25) is 5.88 Å². The normalized spacial score (nSPS) is 13.5. The smallest absolute Gasteiger partial charge is 0.335 e. The molecule has 0 aliphatic carbocycles. The standard InChI is InChI=1S/C19H20N2O4/c1-12(2)25-17-6-5-15(10-20-17)18(22)21-8-7-13-3-4-14(19(23)24)9-16(13)11-21/h3-6,9-10,12H,7-8,11H2,1-2H3,(H,23,24). The molecule has 0 atom stereocenters. The Bertz CT molecular complexity index is 800. The highest BCUT2D eigenvalue weighted by Gasteiger charge is 2.23. The number of rotatable bonds is 4. The number of nitrogens with zero attached hydrogens (tertiary/aromatic N) is 2. The number of pyridine rings is 1. The molecule has 2 aromatic rings. The van der Waals surface area contributed by atoms with Crippen molar-refractivity contribution in [2.45, 2.75) is 32.9 Å². The molecule has 1 aromatic carbocycles. The lowest BCUT2D eigenvalue weighted by molar-refractivity contribution is 0.0696. The van der Waals surface area contributed by atoms with E-state index in [4.69, 9.17) is 9.84 Å². The zero-order valence-electron chi connectivity index (χ0n) is 14.2. The van der Waals surface area contributed by atoms with Crippen molar-refractivity contribution in [2.75, 3.05) is 6.54 Å². The first-order chi connectivity index (χ1) is 11.9. The van der Waals surface area contributed by atoms with Crippen molar-refractivity contribution in [1.82, 2.24) is 9.88 Å². The Kier molecular flexibility index (Phi) is 4.70. The lowest BCUT2D eigenvalue weighted by Crippen LogP contribution is -2.36. The van der Waals surface area contributed by atoms with Gasteiger partial charge in [-0.2, -0.15) is 0 Å². The van der Waals surface area contributed by atoms with Crippen molar-refractivity contribution in [3.05, 3.63) is 58.8 Å². The van der Waals surface area contributed by atoms with E-state index in [0.29, 0.717) is 31.0 Å². The maximum absolute atomic E-state index is 12.7. The summed E-state index contributed by atoms with van der Waals surface area (Å²) < 4.78 is 5.48. The van der Waals surface area contributed by atoms with Crippen LogP contribution in [0.3, 0.4) is 0 Å². The number of aromatic carboxylic acids is 1. The second kappa shape index (κ2) is 6.93. The minimum atomic E-state index is -0.962. The summed E-state index contributed by atoms with van der Waals surface area (Å²) in [7, 11) is 0. The van der Waals surface area contributed by atoms with Crippen LogP contribution in [0.1, 0.15) is 45.7 Å². The first-order valence-corrected chi connectivity index (χ1v) is 8.21. The van der Waals surface area contributed by atoms with Gasteiger partial charge in [-0.25, -0.2) is 9.78 Å². The molecule has 0 unspecified atom stereocenters. The van der Waals surface area contributed by atoms with Crippen LogP contribution < -0.4 is 4.74 Å². The molecule has 1 N–H and O–H groups in total. The number of amides is 1. The lowest BCUT2D eigenvalue weighted by Gasteiger charge is -2.29. The summed E-state index contributed by atoms with van der Waals surface area (Å²) in [6.07, 6.45) is 2.25. The molecule has 25 heavy (non-hydrogen) atoms. The van der Waals surface area contributed by atoms with Gasteiger partial charge in [0.25, 0.3) is 5.91 Å². The molecule has 2 heterocycles. The fourth-order valence-corrected chi connectivity index (χ4v) is 2.86. The molecule has 1 amide bonds. The van der Waals surface area contributed by atoms with Crippen LogP contribution in [0, 0.1) is 0 Å². The predicted octanol–water partition coefficient (Wildman–Crippen LogP) is 2.77. The first-order valence-electron chi connectivity index (χ1n) is 8.21. The number of benzene rings is 1. The van der Waals surface area contributed by atoms with E-state index in [1.54, 1.807) is 29.2 Å². The molecule has 0 bridgehead atoms. The fourth-order valence-electron chi connectivity index (χ4n) is 2.86. The Morgan fingerprint density at radius 1 is 1.16 bits per heavy atom. The second-order valence-electron chi connectivity index (χ2n) is 6.32. The molecule has 0 saturated heterocycles. The summed E-state index contributed by atoms with van der Waals surface area (Å²) in [5.74, 6) is -0.590. The number of carbonyl (C=O) groups is 2. The molecule has 1 aromatic heterocycles. The van der Waals surface area contributed by atoms with E-state index in [9.17, 15) is 9.59 Å². The Labute approximate surface area is 146 Å². The average molecular weight is 340 g/mol. The summed E-state index contributed by atoms with van der Waals surface area (Å²) >= 11 is 0. The Morgan fingerprint density at radius 2 is 1.92 bits per heavy atom. The van der Waals surface area contributed by atoms with Gasteiger partial charge >= 0.3 is 5.97 Å². The van der Waals surface area contributed by atoms with Gasteiger partial charge in [0.1, 0.15) is 0 Å². The predicted molar refractivity (Wildman–Crippen MR) is 91.8 cm³/mol. The van der Waals surface area contributed by atoms with E-state index < -0.39 is 5.97 Å². The number of carboxylic acid groups (broad SMARTS) is 1. The van der Waals surface area contributed by atoms with Gasteiger partial charge in [0.15, 0.2) is 0 Å². The van der Waals surface area contributed by atoms with Crippen LogP contribution in [-0.4, -0.2) is 39.5 Å². The Hall–Kier alpha value is -2.89. The van der Waals surface area contributed by atoms with Gasteiger partial charge in [-0.1, -0.05) is 6.07 Å². The topological polar surface area (TPSA) is 79.7 Å². The third-order valence-electron chi connectivity index (χ3n) is 4.09. The second-order valence-corrected chi connectivity index (χ2v) is 6.32. The summed E-state index contributed by atoms with van der Waals surface area (Å²) in [5.41, 5.74) is 2.71. The minimum absolute atomic E-state index is 0.0241. The van der Waals surface area contributed by atoms with Gasteiger partial charge < -0.3 is 14.7 Å². The van der Waals surface area contributed by atoms with E-state index in [-0.39, 0.29) is 17.6 Å². The zero-order valence-corrected chi connectivity index (χ0v) is 14.2. The Morgan fingerprint density at radius 3 is 2.56 bits per heavy atom. The summed E-state index contributed by atoms with van der Waals surface area (Å²) in [5, 5.41) is 9.13. The SMILES string of the molecule is CC(C)Oc1ccc(C(=O)N2CCc3ccc(C(=O)O)cc3C2)cn1. The van der Waals surface area contributed by atoms with Crippen LogP contribution >= 0.6 is 0 Å². The van der Waals surface area contributed by atoms with E-state index in [1.807, 2.05) is 19.9 Å². The van der Waals surface area contributed by atoms with E-state index >= 15 is 0 Å². The lowest BCUT2D eigenvalue weighted by atomic mass is 9.97. The van der Waals surface area contributed by atoms with E-state index in [2.05, 4.69) is 4.98 Å². The van der Waals surface area contributed by atoms with Crippen molar-refractivity contribution in [3.8, 4) is 5.88 Å². The number of hydrogen-bond acceptors (Lipinski definition) is 4. The van der Waals surface area contributed by atoms with E-state index in [0.717, 1.165) is 11.1 Å². The molecule has 1 aliphatic rings. The third-order valence-corrected chi connectivity index (χ3v) is 4.09. The van der Waals surface area contributed by atoms with Crippen molar-refractivity contribution < 1.29 is 19.4 Å². The number of carbonyl (C=O) groups excluding carboxylic acids is 1. The van der Waals surface area contributed by atoms with Crippen molar-refractivity contribution >= 4 is 11.9 Å². The fraction of sp³-hybridized carbons (Fsp3) is 0.316. The highest BCUT2D eigenvalue weighted by molar-refractivity contribution is 5.94. The highest BCUT2D eigenvalue weighted by atomic mass is 16.5. The maximum Gasteiger partial charge on any atom is 0.335 e. The molecule has 1 aliphatic heterocycles. The Balaban J connectivity index is 1.75. The third kappa shape index (κ3) is 3.79. The van der Waals surface area contributed by atoms with Gasteiger partial charge in [-0.15, -0.1) is 0 Å². The van der Waals surface area contributed by atoms with Crippen molar-refractivity contribution in [1.29, 1.82) is 0 Å². The monoisotopic (exact) mass is 340 g/mol. The minimum Gasteiger partial charge on any atom is -0.478 e. The molecule has 0 radical (unpaired) electrons. The molecular weight excluding hydrogens is 320 g/mol. The molecule has 130 valence electrons. The van der Waals surface area contributed by atoms with Gasteiger partial charge in [0.05, 0.1) is 17.2 Å². The van der Waals surface area contributed by atoms with Gasteiger partial charge in [-0.3, -0.25) is 4.79 Å². The van der Waals surface area contributed by atoms with Crippen LogP contribution in [-0.2, 0) is 13.0 Å². The number of carboxylic acids is 1. The van der Waals surface area contributed by atoms with E-state index in [1.165, 1.54) is 6.20 Å². The average Bonchev–Trinajstić information content (AvgIpc) is 2.60. The van der Waals surface area contributed by atoms with Crippen LogP contribution in [0.25, 0.3) is 0 Å². The molecule has 0 spiro atoms. The quantitative estimate of drug-likeness (QED) is 0.926. The van der Waals surface area contributed by atoms with Gasteiger partial charge in [-0.05, 0) is 49.6 Å². The molecular formula is C19H20N2O4. The number of fused-ring (bicyclic) bond motifs is 1. The molecule has 6 nitrogen and oxygen atoms in total. The summed E-state index contributed by atoms with van der Waals surface area (Å²) in [6, 6.07) is 8.48. The molecule has 0 saturated carbocycles. The van der Waals surface area contributed by atoms with Crippen LogP contribution in [0.4, 0.5) is 0 Å². The van der Waals surface area contributed by atoms with Crippen molar-refractivity contribution in [3.63, 3.8) is 0 Å². The van der Waals surface area contributed by atoms with Crippen molar-refractivity contribution in [2.24, 2.45) is 0 Å². The molecule has 0 fully saturated rings. The zero-order chi connectivity index (χ0) is 18.0. The number of ether oxygens (including phenoxy) is 1. The summed E-state index contributed by atoms with van der Waals surface area (Å²) in [6.45, 7) is 4.83. The van der Waals surface area contributed by atoms with Gasteiger partial charge in [0, 0.05) is 25.4 Å². The number of aromatic nitrogens is 1. The molecule has 6 heteroatoms. The van der Waals surface area contributed by atoms with Crippen LogP contribution in [0.5, 0.6) is 5.88 Å².